The van der Waals surface area contributed by atoms with Crippen molar-refractivity contribution in [3.63, 3.8) is 0 Å². The van der Waals surface area contributed by atoms with Crippen molar-refractivity contribution in [1.29, 1.82) is 0 Å². The predicted octanol–water partition coefficient (Wildman–Crippen LogP) is 8.51. The zero-order chi connectivity index (χ0) is 27.9. The summed E-state index contributed by atoms with van der Waals surface area (Å²) in [6.45, 7) is 7.91. The molecule has 2 aromatic carbocycles. The Morgan fingerprint density at radius 2 is 1.73 bits per heavy atom. The van der Waals surface area contributed by atoms with Gasteiger partial charge in [-0.25, -0.2) is 15.0 Å². The molecule has 0 spiro atoms. The number of rotatable bonds is 5. The first-order valence-corrected chi connectivity index (χ1v) is 14.3. The van der Waals surface area contributed by atoms with Crippen LogP contribution in [0.25, 0.3) is 33.2 Å². The first kappa shape index (κ1) is 26.1. The van der Waals surface area contributed by atoms with Gasteiger partial charge in [0.05, 0.1) is 16.9 Å². The zero-order valence-corrected chi connectivity index (χ0v) is 23.8. The maximum atomic E-state index is 13.4. The number of carbonyl (C=O) groups is 1. The summed E-state index contributed by atoms with van der Waals surface area (Å²) in [7, 11) is 0. The van der Waals surface area contributed by atoms with E-state index in [1.807, 2.05) is 32.9 Å². The molecule has 2 aliphatic carbocycles. The number of nitrogens with one attached hydrogen (secondary N) is 1. The van der Waals surface area contributed by atoms with E-state index in [1.54, 1.807) is 6.33 Å². The van der Waals surface area contributed by atoms with Gasteiger partial charge in [0.25, 0.3) is 0 Å². The van der Waals surface area contributed by atoms with Crippen LogP contribution in [0.4, 0.5) is 5.82 Å². The molecule has 0 saturated carbocycles. The molecule has 0 fully saturated rings. The number of para-hydroxylation sites is 1. The Balaban J connectivity index is 1.57. The molecule has 1 N–H and O–H groups in total. The lowest BCUT2D eigenvalue weighted by atomic mass is 9.83. The fourth-order valence-electron chi connectivity index (χ4n) is 5.87. The number of amides is 1. The van der Waals surface area contributed by atoms with Gasteiger partial charge >= 0.3 is 0 Å². The van der Waals surface area contributed by atoms with Crippen LogP contribution in [0.5, 0.6) is 0 Å². The van der Waals surface area contributed by atoms with E-state index in [-0.39, 0.29) is 11.8 Å². The second-order valence-corrected chi connectivity index (χ2v) is 12.0. The van der Waals surface area contributed by atoms with Gasteiger partial charge in [-0.3, -0.25) is 4.79 Å². The third kappa shape index (κ3) is 4.97. The summed E-state index contributed by atoms with van der Waals surface area (Å²) in [4.78, 5) is 27.8. The Hall–Kier alpha value is -4.12. The molecule has 0 saturated heterocycles. The molecule has 5 nitrogen and oxygen atoms in total. The van der Waals surface area contributed by atoms with E-state index in [0.29, 0.717) is 5.82 Å². The van der Waals surface area contributed by atoms with Crippen LogP contribution in [0.1, 0.15) is 81.3 Å². The highest BCUT2D eigenvalue weighted by Crippen LogP contribution is 2.49. The molecule has 1 amide bonds. The van der Waals surface area contributed by atoms with Gasteiger partial charge in [0.2, 0.25) is 5.91 Å². The van der Waals surface area contributed by atoms with E-state index >= 15 is 0 Å². The van der Waals surface area contributed by atoms with Crippen molar-refractivity contribution >= 4 is 33.8 Å². The Kier molecular flexibility index (Phi) is 6.83. The Labute approximate surface area is 236 Å². The standard InChI is InChI=1S/C35H36N4O/c1-22-16-18-24(19-17-22)31-27-12-7-8-15-28(27)38-33(39-34(40)35(2,3)4)32(31)26-14-9-13-25(26)30-20-29(36-21-37-30)23-10-5-6-11-23/h7-8,10,12-13,15-21,26H,5-6,9,11,14H2,1-4H3,(H,38,39,40). The molecule has 5 heteroatoms. The molecule has 1 unspecified atom stereocenters. The molecule has 202 valence electrons. The first-order chi connectivity index (χ1) is 19.3. The van der Waals surface area contributed by atoms with Crippen molar-refractivity contribution in [1.82, 2.24) is 15.0 Å². The number of nitrogens with zero attached hydrogens (tertiary/aromatic N) is 3. The molecule has 2 aliphatic rings. The number of pyridine rings is 1. The van der Waals surface area contributed by atoms with Crippen LogP contribution in [0.2, 0.25) is 0 Å². The van der Waals surface area contributed by atoms with Crippen LogP contribution >= 0.6 is 0 Å². The zero-order valence-electron chi connectivity index (χ0n) is 23.8. The van der Waals surface area contributed by atoms with Gasteiger partial charge in [0.1, 0.15) is 12.1 Å². The Bertz CT molecular complexity index is 1660. The summed E-state index contributed by atoms with van der Waals surface area (Å²) in [5, 5.41) is 4.33. The molecular weight excluding hydrogens is 492 g/mol. The average Bonchev–Trinajstić information content (AvgIpc) is 3.65. The summed E-state index contributed by atoms with van der Waals surface area (Å²) in [5.41, 5.74) is 9.29. The Morgan fingerprint density at radius 1 is 0.950 bits per heavy atom. The SMILES string of the molecule is Cc1ccc(-c2c(C3CCC=C3c3cc(C4=CCCC4)ncn3)c(NC(=O)C(C)(C)C)nc3ccccc23)cc1. The maximum Gasteiger partial charge on any atom is 0.230 e. The van der Waals surface area contributed by atoms with E-state index in [4.69, 9.17) is 9.97 Å². The van der Waals surface area contributed by atoms with Gasteiger partial charge in [0.15, 0.2) is 0 Å². The number of aromatic nitrogens is 3. The van der Waals surface area contributed by atoms with Gasteiger partial charge in [0, 0.05) is 22.3 Å². The molecule has 0 bridgehead atoms. The number of hydrogen-bond donors (Lipinski definition) is 1. The number of carbonyl (C=O) groups excluding carboxylic acids is 1. The number of anilines is 1. The van der Waals surface area contributed by atoms with Crippen LogP contribution in [-0.4, -0.2) is 20.9 Å². The molecule has 6 rings (SSSR count). The van der Waals surface area contributed by atoms with Crippen LogP contribution in [-0.2, 0) is 4.79 Å². The quantitative estimate of drug-likeness (QED) is 0.282. The molecule has 2 heterocycles. The fraction of sp³-hybridized carbons (Fsp3) is 0.314. The molecule has 40 heavy (non-hydrogen) atoms. The van der Waals surface area contributed by atoms with Crippen molar-refractivity contribution in [3.8, 4) is 11.1 Å². The highest BCUT2D eigenvalue weighted by molar-refractivity contribution is 6.03. The molecule has 1 atom stereocenters. The van der Waals surface area contributed by atoms with E-state index in [1.165, 1.54) is 23.1 Å². The fourth-order valence-corrected chi connectivity index (χ4v) is 5.87. The lowest BCUT2D eigenvalue weighted by Gasteiger charge is -2.26. The van der Waals surface area contributed by atoms with Gasteiger partial charge in [-0.05, 0) is 73.4 Å². The minimum Gasteiger partial charge on any atom is -0.310 e. The second kappa shape index (κ2) is 10.5. The first-order valence-electron chi connectivity index (χ1n) is 14.3. The van der Waals surface area contributed by atoms with E-state index in [9.17, 15) is 4.79 Å². The van der Waals surface area contributed by atoms with Gasteiger partial charge in [-0.15, -0.1) is 0 Å². The van der Waals surface area contributed by atoms with Crippen molar-refractivity contribution in [3.05, 3.63) is 95.6 Å². The molecule has 0 radical (unpaired) electrons. The summed E-state index contributed by atoms with van der Waals surface area (Å²) >= 11 is 0. The summed E-state index contributed by atoms with van der Waals surface area (Å²) in [6, 6.07) is 19.1. The summed E-state index contributed by atoms with van der Waals surface area (Å²) in [5.74, 6) is 0.621. The van der Waals surface area contributed by atoms with Crippen LogP contribution in [0.3, 0.4) is 0 Å². The average molecular weight is 529 g/mol. The smallest absolute Gasteiger partial charge is 0.230 e. The maximum absolute atomic E-state index is 13.4. The van der Waals surface area contributed by atoms with Crippen molar-refractivity contribution < 1.29 is 4.79 Å². The molecule has 4 aromatic rings. The predicted molar refractivity (Wildman–Crippen MR) is 164 cm³/mol. The molecule has 0 aliphatic heterocycles. The van der Waals surface area contributed by atoms with E-state index < -0.39 is 5.41 Å². The molecule has 2 aromatic heterocycles. The topological polar surface area (TPSA) is 67.8 Å². The van der Waals surface area contributed by atoms with Crippen LogP contribution in [0.15, 0.2) is 73.1 Å². The van der Waals surface area contributed by atoms with E-state index in [2.05, 4.69) is 71.8 Å². The largest absolute Gasteiger partial charge is 0.310 e. The highest BCUT2D eigenvalue weighted by Gasteiger charge is 2.32. The molecular formula is C35H36N4O. The number of hydrogen-bond acceptors (Lipinski definition) is 4. The minimum absolute atomic E-state index is 0.0315. The number of fused-ring (bicyclic) bond motifs is 1. The van der Waals surface area contributed by atoms with Gasteiger partial charge < -0.3 is 5.32 Å². The summed E-state index contributed by atoms with van der Waals surface area (Å²) in [6.07, 6.45) is 11.5. The second-order valence-electron chi connectivity index (χ2n) is 12.0. The summed E-state index contributed by atoms with van der Waals surface area (Å²) < 4.78 is 0. The van der Waals surface area contributed by atoms with Crippen LogP contribution in [0, 0.1) is 12.3 Å². The number of aryl methyl sites for hydroxylation is 1. The third-order valence-corrected chi connectivity index (χ3v) is 8.06. The Morgan fingerprint density at radius 3 is 2.48 bits per heavy atom. The number of benzene rings is 2. The normalized spacial score (nSPS) is 17.1. The lowest BCUT2D eigenvalue weighted by molar-refractivity contribution is -0.123. The minimum atomic E-state index is -0.556. The van der Waals surface area contributed by atoms with Crippen molar-refractivity contribution in [2.45, 2.75) is 65.7 Å². The van der Waals surface area contributed by atoms with Crippen molar-refractivity contribution in [2.24, 2.45) is 5.41 Å². The van der Waals surface area contributed by atoms with E-state index in [0.717, 1.165) is 64.7 Å². The van der Waals surface area contributed by atoms with Gasteiger partial charge in [-0.2, -0.15) is 0 Å². The third-order valence-electron chi connectivity index (χ3n) is 8.06. The highest BCUT2D eigenvalue weighted by atomic mass is 16.2. The lowest BCUT2D eigenvalue weighted by Crippen LogP contribution is -2.29. The number of allylic oxidation sites excluding steroid dienone is 4. The van der Waals surface area contributed by atoms with Crippen molar-refractivity contribution in [2.75, 3.05) is 5.32 Å². The monoisotopic (exact) mass is 528 g/mol. The van der Waals surface area contributed by atoms with Crippen LogP contribution < -0.4 is 5.32 Å². The van der Waals surface area contributed by atoms with Gasteiger partial charge in [-0.1, -0.05) is 81.0 Å².